The van der Waals surface area contributed by atoms with Gasteiger partial charge in [0.15, 0.2) is 0 Å². The van der Waals surface area contributed by atoms with Crippen LogP contribution in [0.2, 0.25) is 0 Å². The van der Waals surface area contributed by atoms with Gasteiger partial charge in [0.2, 0.25) is 6.54 Å². The molecule has 0 aliphatic carbocycles. The van der Waals surface area contributed by atoms with E-state index >= 15 is 0 Å². The first kappa shape index (κ1) is 14.4. The summed E-state index contributed by atoms with van der Waals surface area (Å²) in [4.78, 5) is 20.7. The number of hydrogen-bond acceptors (Lipinski definition) is 4. The molecule has 1 aromatic carbocycles. The van der Waals surface area contributed by atoms with Gasteiger partial charge in [0.05, 0.1) is 5.25 Å². The van der Waals surface area contributed by atoms with E-state index in [2.05, 4.69) is 0 Å². The quantitative estimate of drug-likeness (QED) is 0.635. The SMILES string of the molecule is CC(SC(C[N+](=O)[O-])c1ccccc1F)C(=O)O. The molecule has 0 heterocycles. The Morgan fingerprint density at radius 2 is 2.17 bits per heavy atom. The lowest BCUT2D eigenvalue weighted by molar-refractivity contribution is -0.479. The topological polar surface area (TPSA) is 80.4 Å². The Morgan fingerprint density at radius 1 is 1.56 bits per heavy atom. The number of rotatable bonds is 6. The van der Waals surface area contributed by atoms with E-state index in [1.165, 1.54) is 25.1 Å². The molecule has 2 unspecified atom stereocenters. The molecule has 0 aromatic heterocycles. The summed E-state index contributed by atoms with van der Waals surface area (Å²) in [5, 5.41) is 17.7. The zero-order valence-electron chi connectivity index (χ0n) is 9.58. The lowest BCUT2D eigenvalue weighted by Gasteiger charge is -2.16. The van der Waals surface area contributed by atoms with Crippen LogP contribution in [0.3, 0.4) is 0 Å². The molecule has 0 amide bonds. The Labute approximate surface area is 107 Å². The summed E-state index contributed by atoms with van der Waals surface area (Å²) in [6, 6.07) is 5.68. The zero-order chi connectivity index (χ0) is 13.7. The molecule has 2 atom stereocenters. The van der Waals surface area contributed by atoms with Gasteiger partial charge in [0.25, 0.3) is 0 Å². The third-order valence-electron chi connectivity index (χ3n) is 2.28. The second-order valence-electron chi connectivity index (χ2n) is 3.64. The number of hydrogen-bond donors (Lipinski definition) is 1. The van der Waals surface area contributed by atoms with Crippen LogP contribution in [0.4, 0.5) is 4.39 Å². The van der Waals surface area contributed by atoms with Gasteiger partial charge in [-0.1, -0.05) is 18.2 Å². The van der Waals surface area contributed by atoms with E-state index in [0.29, 0.717) is 0 Å². The summed E-state index contributed by atoms with van der Waals surface area (Å²) in [6.07, 6.45) is 0. The second-order valence-corrected chi connectivity index (χ2v) is 5.19. The Balaban J connectivity index is 2.95. The molecule has 0 saturated carbocycles. The van der Waals surface area contributed by atoms with Crippen molar-refractivity contribution in [2.24, 2.45) is 0 Å². The first-order valence-electron chi connectivity index (χ1n) is 5.16. The number of carboxylic acids is 1. The maximum Gasteiger partial charge on any atom is 0.316 e. The highest BCUT2D eigenvalue weighted by Crippen LogP contribution is 2.33. The third kappa shape index (κ3) is 3.99. The van der Waals surface area contributed by atoms with Crippen molar-refractivity contribution in [1.82, 2.24) is 0 Å². The van der Waals surface area contributed by atoms with Crippen LogP contribution in [0.1, 0.15) is 17.7 Å². The molecule has 5 nitrogen and oxygen atoms in total. The van der Waals surface area contributed by atoms with Crippen molar-refractivity contribution >= 4 is 17.7 Å². The summed E-state index contributed by atoms with van der Waals surface area (Å²) in [5.41, 5.74) is 0.160. The van der Waals surface area contributed by atoms with E-state index in [0.717, 1.165) is 11.8 Å². The molecule has 0 saturated heterocycles. The highest BCUT2D eigenvalue weighted by molar-refractivity contribution is 8.00. The Kier molecular flexibility index (Phi) is 5.08. The van der Waals surface area contributed by atoms with Gasteiger partial charge in [-0.25, -0.2) is 4.39 Å². The minimum absolute atomic E-state index is 0.160. The first-order valence-corrected chi connectivity index (χ1v) is 6.10. The van der Waals surface area contributed by atoms with Gasteiger partial charge in [0.1, 0.15) is 11.1 Å². The highest BCUT2D eigenvalue weighted by atomic mass is 32.2. The number of carbonyl (C=O) groups is 1. The lowest BCUT2D eigenvalue weighted by atomic mass is 10.1. The zero-order valence-corrected chi connectivity index (χ0v) is 10.4. The number of aliphatic carboxylic acids is 1. The van der Waals surface area contributed by atoms with Gasteiger partial charge in [-0.2, -0.15) is 0 Å². The van der Waals surface area contributed by atoms with Gasteiger partial charge in [-0.05, 0) is 13.0 Å². The van der Waals surface area contributed by atoms with Gasteiger partial charge in [0, 0.05) is 10.5 Å². The second kappa shape index (κ2) is 6.34. The number of carboxylic acid groups (broad SMARTS) is 1. The number of benzene rings is 1. The van der Waals surface area contributed by atoms with E-state index in [-0.39, 0.29) is 5.56 Å². The van der Waals surface area contributed by atoms with Crippen LogP contribution in [0.15, 0.2) is 24.3 Å². The molecule has 18 heavy (non-hydrogen) atoms. The predicted molar refractivity (Wildman–Crippen MR) is 65.7 cm³/mol. The van der Waals surface area contributed by atoms with E-state index in [9.17, 15) is 19.3 Å². The molecule has 1 aromatic rings. The van der Waals surface area contributed by atoms with Gasteiger partial charge < -0.3 is 5.11 Å². The van der Waals surface area contributed by atoms with Crippen molar-refractivity contribution in [2.75, 3.05) is 6.54 Å². The van der Waals surface area contributed by atoms with Gasteiger partial charge >= 0.3 is 5.97 Å². The molecule has 0 aliphatic rings. The molecule has 0 spiro atoms. The van der Waals surface area contributed by atoms with Crippen LogP contribution in [0.5, 0.6) is 0 Å². The molecule has 0 aliphatic heterocycles. The van der Waals surface area contributed by atoms with Crippen molar-refractivity contribution in [3.8, 4) is 0 Å². The van der Waals surface area contributed by atoms with Crippen LogP contribution in [-0.2, 0) is 4.79 Å². The normalized spacial score (nSPS) is 13.9. The average molecular weight is 273 g/mol. The Morgan fingerprint density at radius 3 is 2.67 bits per heavy atom. The molecule has 7 heteroatoms. The smallest absolute Gasteiger partial charge is 0.316 e. The van der Waals surface area contributed by atoms with Crippen molar-refractivity contribution in [2.45, 2.75) is 17.4 Å². The molecule has 0 bridgehead atoms. The van der Waals surface area contributed by atoms with Crippen LogP contribution in [-0.4, -0.2) is 27.8 Å². The van der Waals surface area contributed by atoms with Crippen LogP contribution >= 0.6 is 11.8 Å². The van der Waals surface area contributed by atoms with Crippen molar-refractivity contribution in [3.05, 3.63) is 45.8 Å². The Bertz CT molecular complexity index is 454. The minimum atomic E-state index is -1.08. The highest BCUT2D eigenvalue weighted by Gasteiger charge is 2.26. The van der Waals surface area contributed by atoms with Crippen LogP contribution in [0, 0.1) is 15.9 Å². The predicted octanol–water partition coefficient (Wildman–Crippen LogP) is 2.35. The monoisotopic (exact) mass is 273 g/mol. The fourth-order valence-electron chi connectivity index (χ4n) is 1.39. The standard InChI is InChI=1S/C11H12FNO4S/c1-7(11(14)15)18-10(6-13(16)17)8-4-2-3-5-9(8)12/h2-5,7,10H,6H2,1H3,(H,14,15). The molecule has 0 radical (unpaired) electrons. The van der Waals surface area contributed by atoms with E-state index in [1.54, 1.807) is 6.07 Å². The minimum Gasteiger partial charge on any atom is -0.480 e. The largest absolute Gasteiger partial charge is 0.480 e. The summed E-state index contributed by atoms with van der Waals surface area (Å²) in [5.74, 6) is -1.64. The van der Waals surface area contributed by atoms with Gasteiger partial charge in [-0.15, -0.1) is 11.8 Å². The Hall–Kier alpha value is -1.63. The summed E-state index contributed by atoms with van der Waals surface area (Å²) in [7, 11) is 0. The van der Waals surface area contributed by atoms with Gasteiger partial charge in [-0.3, -0.25) is 14.9 Å². The summed E-state index contributed by atoms with van der Waals surface area (Å²) < 4.78 is 13.6. The number of nitrogens with zero attached hydrogens (tertiary/aromatic N) is 1. The molecule has 1 rings (SSSR count). The average Bonchev–Trinajstić information content (AvgIpc) is 2.28. The molecular formula is C11H12FNO4S. The maximum atomic E-state index is 13.6. The van der Waals surface area contributed by atoms with Crippen LogP contribution in [0.25, 0.3) is 0 Å². The fraction of sp³-hybridized carbons (Fsp3) is 0.364. The molecule has 98 valence electrons. The summed E-state index contributed by atoms with van der Waals surface area (Å²) >= 11 is 0.867. The molecular weight excluding hydrogens is 261 g/mol. The summed E-state index contributed by atoms with van der Waals surface area (Å²) in [6.45, 7) is 0.907. The van der Waals surface area contributed by atoms with E-state index in [1.807, 2.05) is 0 Å². The van der Waals surface area contributed by atoms with E-state index in [4.69, 9.17) is 5.11 Å². The third-order valence-corrected chi connectivity index (χ3v) is 3.62. The molecule has 0 fully saturated rings. The lowest BCUT2D eigenvalue weighted by Crippen LogP contribution is -2.18. The van der Waals surface area contributed by atoms with E-state index < -0.39 is 33.8 Å². The number of nitro groups is 1. The molecule has 1 N–H and O–H groups in total. The fourth-order valence-corrected chi connectivity index (χ4v) is 2.55. The van der Waals surface area contributed by atoms with Crippen LogP contribution < -0.4 is 0 Å². The first-order chi connectivity index (χ1) is 8.41. The van der Waals surface area contributed by atoms with Crippen molar-refractivity contribution in [1.29, 1.82) is 0 Å². The van der Waals surface area contributed by atoms with Crippen molar-refractivity contribution in [3.63, 3.8) is 0 Å². The maximum absolute atomic E-state index is 13.6. The van der Waals surface area contributed by atoms with Crippen molar-refractivity contribution < 1.29 is 19.2 Å². The number of thioether (sulfide) groups is 1. The number of halogens is 1.